The Morgan fingerprint density at radius 3 is 1.57 bits per heavy atom. The minimum absolute atomic E-state index is 0.181. The molecule has 3 aromatic carbocycles. The van der Waals surface area contributed by atoms with E-state index in [0.29, 0.717) is 11.5 Å². The highest BCUT2D eigenvalue weighted by Gasteiger charge is 2.00. The molecule has 0 amide bonds. The van der Waals surface area contributed by atoms with Crippen molar-refractivity contribution in [3.63, 3.8) is 0 Å². The third kappa shape index (κ3) is 8.83. The molecule has 0 heterocycles. The maximum Gasteiger partial charge on any atom is 0.333 e. The number of benzene rings is 3. The standard InChI is InChI=1S/C31H24O6/c1-4-30(32)36-21-34-28-16-10-24(11-17-28)6-7-26-9-15-27(23(3)20-26)14-8-25-12-18-29(19-13-25)35-22-37-31(33)5-2/h4-5,9-13,15-20H,1-2,21-22H2,3H3. The van der Waals surface area contributed by atoms with Crippen LogP contribution in [0.5, 0.6) is 11.5 Å². The van der Waals surface area contributed by atoms with Gasteiger partial charge in [-0.05, 0) is 79.2 Å². The van der Waals surface area contributed by atoms with E-state index in [1.165, 1.54) is 0 Å². The van der Waals surface area contributed by atoms with Gasteiger partial charge < -0.3 is 18.9 Å². The van der Waals surface area contributed by atoms with Gasteiger partial charge >= 0.3 is 11.9 Å². The van der Waals surface area contributed by atoms with Gasteiger partial charge in [-0.1, -0.05) is 36.8 Å². The molecule has 0 aliphatic rings. The van der Waals surface area contributed by atoms with E-state index in [4.69, 9.17) is 18.9 Å². The van der Waals surface area contributed by atoms with Crippen LogP contribution in [0.25, 0.3) is 0 Å². The first kappa shape index (κ1) is 26.4. The van der Waals surface area contributed by atoms with Crippen LogP contribution in [0.2, 0.25) is 0 Å². The second kappa shape index (κ2) is 13.6. The van der Waals surface area contributed by atoms with Crippen LogP contribution < -0.4 is 9.47 Å². The van der Waals surface area contributed by atoms with Gasteiger partial charge in [-0.2, -0.15) is 0 Å². The van der Waals surface area contributed by atoms with Gasteiger partial charge in [0.05, 0.1) is 0 Å². The van der Waals surface area contributed by atoms with Crippen LogP contribution in [0.3, 0.4) is 0 Å². The molecule has 3 aromatic rings. The summed E-state index contributed by atoms with van der Waals surface area (Å²) < 4.78 is 20.2. The van der Waals surface area contributed by atoms with E-state index in [-0.39, 0.29) is 13.6 Å². The van der Waals surface area contributed by atoms with Crippen LogP contribution in [0.4, 0.5) is 0 Å². The monoisotopic (exact) mass is 492 g/mol. The summed E-state index contributed by atoms with van der Waals surface area (Å²) in [6.07, 6.45) is 2.15. The van der Waals surface area contributed by atoms with Gasteiger partial charge in [0.1, 0.15) is 11.5 Å². The highest BCUT2D eigenvalue weighted by Crippen LogP contribution is 2.14. The van der Waals surface area contributed by atoms with Gasteiger partial charge in [-0.3, -0.25) is 0 Å². The second-order valence-electron chi connectivity index (χ2n) is 7.44. The molecule has 37 heavy (non-hydrogen) atoms. The Balaban J connectivity index is 1.57. The molecule has 0 aliphatic carbocycles. The number of hydrogen-bond donors (Lipinski definition) is 0. The number of carbonyl (C=O) groups is 2. The minimum atomic E-state index is -0.541. The summed E-state index contributed by atoms with van der Waals surface area (Å²) in [5.74, 6) is 12.6. The van der Waals surface area contributed by atoms with Gasteiger partial charge in [-0.25, -0.2) is 9.59 Å². The van der Waals surface area contributed by atoms with Crippen LogP contribution in [0, 0.1) is 30.6 Å². The summed E-state index contributed by atoms with van der Waals surface area (Å²) in [7, 11) is 0. The number of rotatable bonds is 8. The summed E-state index contributed by atoms with van der Waals surface area (Å²) in [6, 6.07) is 20.2. The third-order valence-corrected chi connectivity index (χ3v) is 4.81. The zero-order chi connectivity index (χ0) is 26.5. The lowest BCUT2D eigenvalue weighted by atomic mass is 10.0. The molecule has 0 radical (unpaired) electrons. The van der Waals surface area contributed by atoms with E-state index >= 15 is 0 Å². The molecule has 0 aliphatic heterocycles. The maximum absolute atomic E-state index is 11.0. The van der Waals surface area contributed by atoms with Gasteiger partial charge in [-0.15, -0.1) is 0 Å². The summed E-state index contributed by atoms with van der Waals surface area (Å²) in [5, 5.41) is 0. The van der Waals surface area contributed by atoms with E-state index in [1.54, 1.807) is 24.3 Å². The van der Waals surface area contributed by atoms with E-state index in [1.807, 2.05) is 49.4 Å². The molecule has 184 valence electrons. The van der Waals surface area contributed by atoms with Crippen molar-refractivity contribution in [2.75, 3.05) is 13.6 Å². The van der Waals surface area contributed by atoms with Crippen molar-refractivity contribution < 1.29 is 28.5 Å². The van der Waals surface area contributed by atoms with E-state index in [2.05, 4.69) is 36.8 Å². The van der Waals surface area contributed by atoms with Crippen LogP contribution in [0.1, 0.15) is 27.8 Å². The Kier molecular flexibility index (Phi) is 9.73. The molecule has 0 atom stereocenters. The molecule has 0 saturated heterocycles. The summed E-state index contributed by atoms with van der Waals surface area (Å²) in [6.45, 7) is 8.27. The lowest BCUT2D eigenvalue weighted by Crippen LogP contribution is -2.07. The summed E-state index contributed by atoms with van der Waals surface area (Å²) >= 11 is 0. The topological polar surface area (TPSA) is 71.1 Å². The van der Waals surface area contributed by atoms with Crippen molar-refractivity contribution in [2.24, 2.45) is 0 Å². The number of hydrogen-bond acceptors (Lipinski definition) is 6. The van der Waals surface area contributed by atoms with Crippen molar-refractivity contribution in [1.29, 1.82) is 0 Å². The van der Waals surface area contributed by atoms with Crippen molar-refractivity contribution >= 4 is 11.9 Å². The van der Waals surface area contributed by atoms with Gasteiger partial charge in [0.25, 0.3) is 0 Å². The van der Waals surface area contributed by atoms with Crippen LogP contribution in [0.15, 0.2) is 92.0 Å². The number of carbonyl (C=O) groups excluding carboxylic acids is 2. The normalized spacial score (nSPS) is 9.43. The van der Waals surface area contributed by atoms with Gasteiger partial charge in [0.2, 0.25) is 13.6 Å². The molecule has 3 rings (SSSR count). The van der Waals surface area contributed by atoms with Crippen LogP contribution in [-0.4, -0.2) is 25.5 Å². The maximum atomic E-state index is 11.0. The average molecular weight is 493 g/mol. The molecule has 0 unspecified atom stereocenters. The Morgan fingerprint density at radius 1 is 0.676 bits per heavy atom. The van der Waals surface area contributed by atoms with Crippen molar-refractivity contribution in [3.05, 3.63) is 120 Å². The van der Waals surface area contributed by atoms with Gasteiger partial charge in [0.15, 0.2) is 0 Å². The highest BCUT2D eigenvalue weighted by molar-refractivity contribution is 5.81. The number of aryl methyl sites for hydroxylation is 1. The SMILES string of the molecule is C=CC(=O)OCOc1ccc(C#Cc2ccc(C#Cc3ccc(OCOC(=O)C=C)cc3)c(C)c2)cc1. The van der Waals surface area contributed by atoms with E-state index in [9.17, 15) is 9.59 Å². The second-order valence-corrected chi connectivity index (χ2v) is 7.44. The zero-order valence-corrected chi connectivity index (χ0v) is 20.3. The quantitative estimate of drug-likeness (QED) is 0.192. The number of ether oxygens (including phenoxy) is 4. The molecule has 0 bridgehead atoms. The summed E-state index contributed by atoms with van der Waals surface area (Å²) in [5.41, 5.74) is 4.44. The molecule has 6 nitrogen and oxygen atoms in total. The molecule has 0 N–H and O–H groups in total. The first-order valence-electron chi connectivity index (χ1n) is 11.2. The Hall–Kier alpha value is -5.20. The molecule has 6 heteroatoms. The Morgan fingerprint density at radius 2 is 1.11 bits per heavy atom. The fourth-order valence-electron chi connectivity index (χ4n) is 2.86. The zero-order valence-electron chi connectivity index (χ0n) is 20.3. The molecular formula is C31H24O6. The Labute approximate surface area is 216 Å². The lowest BCUT2D eigenvalue weighted by molar-refractivity contribution is -0.145. The average Bonchev–Trinajstić information content (AvgIpc) is 2.92. The smallest absolute Gasteiger partial charge is 0.333 e. The molecule has 0 saturated carbocycles. The fraction of sp³-hybridized carbons (Fsp3) is 0.0968. The van der Waals surface area contributed by atoms with Crippen molar-refractivity contribution in [3.8, 4) is 35.2 Å². The minimum Gasteiger partial charge on any atom is -0.457 e. The van der Waals surface area contributed by atoms with E-state index < -0.39 is 11.9 Å². The largest absolute Gasteiger partial charge is 0.457 e. The summed E-state index contributed by atoms with van der Waals surface area (Å²) in [4.78, 5) is 22.0. The third-order valence-electron chi connectivity index (χ3n) is 4.81. The fourth-order valence-corrected chi connectivity index (χ4v) is 2.86. The first-order chi connectivity index (χ1) is 18.0. The van der Waals surface area contributed by atoms with Crippen LogP contribution >= 0.6 is 0 Å². The predicted molar refractivity (Wildman–Crippen MR) is 140 cm³/mol. The highest BCUT2D eigenvalue weighted by atomic mass is 16.7. The molecule has 0 spiro atoms. The molecule has 0 aromatic heterocycles. The van der Waals surface area contributed by atoms with Crippen molar-refractivity contribution in [1.82, 2.24) is 0 Å². The molecular weight excluding hydrogens is 468 g/mol. The Bertz CT molecular complexity index is 1390. The predicted octanol–water partition coefficient (Wildman–Crippen LogP) is 4.93. The van der Waals surface area contributed by atoms with Gasteiger partial charge in [0, 0.05) is 34.4 Å². The number of esters is 2. The molecule has 0 fully saturated rings. The lowest BCUT2D eigenvalue weighted by Gasteiger charge is -2.05. The first-order valence-corrected chi connectivity index (χ1v) is 11.2. The van der Waals surface area contributed by atoms with Crippen LogP contribution in [-0.2, 0) is 19.1 Å². The van der Waals surface area contributed by atoms with E-state index in [0.717, 1.165) is 40.0 Å². The van der Waals surface area contributed by atoms with Crippen molar-refractivity contribution in [2.45, 2.75) is 6.92 Å².